The van der Waals surface area contributed by atoms with Crippen LogP contribution in [0.1, 0.15) is 40.8 Å². The SMILES string of the molecule is CCOc1ccc(C(NN)c2cc(C)c(C)cc2C)cc1. The summed E-state index contributed by atoms with van der Waals surface area (Å²) in [6.45, 7) is 9.05. The highest BCUT2D eigenvalue weighted by atomic mass is 16.5. The molecule has 0 saturated carbocycles. The summed E-state index contributed by atoms with van der Waals surface area (Å²) in [5.41, 5.74) is 9.11. The van der Waals surface area contributed by atoms with E-state index in [1.807, 2.05) is 19.1 Å². The smallest absolute Gasteiger partial charge is 0.119 e. The molecule has 112 valence electrons. The van der Waals surface area contributed by atoms with Gasteiger partial charge in [-0.2, -0.15) is 0 Å². The number of nitrogens with one attached hydrogen (secondary N) is 1. The zero-order valence-corrected chi connectivity index (χ0v) is 13.2. The fourth-order valence-corrected chi connectivity index (χ4v) is 2.58. The van der Waals surface area contributed by atoms with Gasteiger partial charge in [-0.1, -0.05) is 24.3 Å². The molecular weight excluding hydrogens is 260 g/mol. The lowest BCUT2D eigenvalue weighted by atomic mass is 9.92. The second kappa shape index (κ2) is 6.74. The predicted octanol–water partition coefficient (Wildman–Crippen LogP) is 3.56. The Morgan fingerprint density at radius 3 is 2.19 bits per heavy atom. The normalized spacial score (nSPS) is 12.2. The Hall–Kier alpha value is -1.84. The van der Waals surface area contributed by atoms with Crippen molar-refractivity contribution in [2.24, 2.45) is 5.84 Å². The van der Waals surface area contributed by atoms with Gasteiger partial charge in [0.25, 0.3) is 0 Å². The van der Waals surface area contributed by atoms with Gasteiger partial charge < -0.3 is 4.74 Å². The van der Waals surface area contributed by atoms with Gasteiger partial charge in [0.2, 0.25) is 0 Å². The van der Waals surface area contributed by atoms with Gasteiger partial charge in [-0.25, -0.2) is 5.43 Å². The van der Waals surface area contributed by atoms with Crippen molar-refractivity contribution in [1.29, 1.82) is 0 Å². The van der Waals surface area contributed by atoms with E-state index >= 15 is 0 Å². The Kier molecular flexibility index (Phi) is 4.99. The molecular formula is C18H24N2O. The monoisotopic (exact) mass is 284 g/mol. The van der Waals surface area contributed by atoms with Gasteiger partial charge in [0.15, 0.2) is 0 Å². The topological polar surface area (TPSA) is 47.3 Å². The molecule has 2 aromatic rings. The third-order valence-electron chi connectivity index (χ3n) is 3.88. The van der Waals surface area contributed by atoms with Gasteiger partial charge in [-0.05, 0) is 67.6 Å². The number of ether oxygens (including phenoxy) is 1. The Balaban J connectivity index is 2.37. The average Bonchev–Trinajstić information content (AvgIpc) is 2.47. The molecule has 21 heavy (non-hydrogen) atoms. The highest BCUT2D eigenvalue weighted by Gasteiger charge is 2.15. The molecule has 0 amide bonds. The van der Waals surface area contributed by atoms with Crippen molar-refractivity contribution in [3.05, 3.63) is 64.2 Å². The van der Waals surface area contributed by atoms with Crippen molar-refractivity contribution < 1.29 is 4.74 Å². The molecule has 3 N–H and O–H groups in total. The molecule has 0 radical (unpaired) electrons. The first-order valence-corrected chi connectivity index (χ1v) is 7.33. The van der Waals surface area contributed by atoms with E-state index < -0.39 is 0 Å². The second-order valence-corrected chi connectivity index (χ2v) is 5.39. The maximum Gasteiger partial charge on any atom is 0.119 e. The van der Waals surface area contributed by atoms with E-state index in [1.165, 1.54) is 22.3 Å². The summed E-state index contributed by atoms with van der Waals surface area (Å²) in [5.74, 6) is 6.69. The maximum atomic E-state index is 5.81. The lowest BCUT2D eigenvalue weighted by molar-refractivity contribution is 0.340. The number of nitrogens with two attached hydrogens (primary N) is 1. The van der Waals surface area contributed by atoms with E-state index in [1.54, 1.807) is 0 Å². The summed E-state index contributed by atoms with van der Waals surface area (Å²) in [6.07, 6.45) is 0. The molecule has 1 unspecified atom stereocenters. The van der Waals surface area contributed by atoms with Gasteiger partial charge in [0, 0.05) is 0 Å². The van der Waals surface area contributed by atoms with Crippen LogP contribution in [-0.4, -0.2) is 6.61 Å². The molecule has 3 nitrogen and oxygen atoms in total. The summed E-state index contributed by atoms with van der Waals surface area (Å²) < 4.78 is 5.49. The molecule has 1 atom stereocenters. The summed E-state index contributed by atoms with van der Waals surface area (Å²) in [6, 6.07) is 12.5. The Labute approximate surface area is 127 Å². The molecule has 0 aliphatic carbocycles. The van der Waals surface area contributed by atoms with Crippen LogP contribution in [0.3, 0.4) is 0 Å². The van der Waals surface area contributed by atoms with Crippen LogP contribution in [0.4, 0.5) is 0 Å². The van der Waals surface area contributed by atoms with Gasteiger partial charge in [-0.15, -0.1) is 0 Å². The molecule has 0 bridgehead atoms. The van der Waals surface area contributed by atoms with E-state index in [9.17, 15) is 0 Å². The molecule has 0 fully saturated rings. The Bertz CT molecular complexity index is 605. The first kappa shape index (κ1) is 15.5. The maximum absolute atomic E-state index is 5.81. The van der Waals surface area contributed by atoms with Crippen LogP contribution in [0.15, 0.2) is 36.4 Å². The van der Waals surface area contributed by atoms with Crippen LogP contribution in [0.2, 0.25) is 0 Å². The van der Waals surface area contributed by atoms with E-state index in [2.05, 4.69) is 50.5 Å². The third kappa shape index (κ3) is 3.43. The number of hydrazine groups is 1. The Morgan fingerprint density at radius 2 is 1.62 bits per heavy atom. The minimum absolute atomic E-state index is 0.0139. The molecule has 2 rings (SSSR count). The zero-order chi connectivity index (χ0) is 15.4. The van der Waals surface area contributed by atoms with Crippen molar-refractivity contribution in [2.45, 2.75) is 33.7 Å². The van der Waals surface area contributed by atoms with Crippen molar-refractivity contribution >= 4 is 0 Å². The number of aryl methyl sites for hydroxylation is 3. The van der Waals surface area contributed by atoms with Gasteiger partial charge in [0.05, 0.1) is 12.6 Å². The molecule has 2 aromatic carbocycles. The van der Waals surface area contributed by atoms with Crippen molar-refractivity contribution in [3.63, 3.8) is 0 Å². The zero-order valence-electron chi connectivity index (χ0n) is 13.2. The summed E-state index contributed by atoms with van der Waals surface area (Å²) in [4.78, 5) is 0. The fraction of sp³-hybridized carbons (Fsp3) is 0.333. The Morgan fingerprint density at radius 1 is 1.00 bits per heavy atom. The first-order chi connectivity index (χ1) is 10.1. The van der Waals surface area contributed by atoms with E-state index in [-0.39, 0.29) is 6.04 Å². The predicted molar refractivity (Wildman–Crippen MR) is 87.4 cm³/mol. The summed E-state index contributed by atoms with van der Waals surface area (Å²) >= 11 is 0. The lowest BCUT2D eigenvalue weighted by Gasteiger charge is -2.21. The highest BCUT2D eigenvalue weighted by molar-refractivity contribution is 5.43. The van der Waals surface area contributed by atoms with Crippen molar-refractivity contribution in [2.75, 3.05) is 6.61 Å². The van der Waals surface area contributed by atoms with Crippen LogP contribution in [0.5, 0.6) is 5.75 Å². The molecule has 0 aliphatic rings. The molecule has 0 aromatic heterocycles. The quantitative estimate of drug-likeness (QED) is 0.652. The van der Waals surface area contributed by atoms with Crippen molar-refractivity contribution in [3.8, 4) is 5.75 Å². The minimum atomic E-state index is -0.0139. The molecule has 0 heterocycles. The average molecular weight is 284 g/mol. The van der Waals surface area contributed by atoms with Gasteiger partial charge in [-0.3, -0.25) is 5.84 Å². The molecule has 0 saturated heterocycles. The van der Waals surface area contributed by atoms with Gasteiger partial charge >= 0.3 is 0 Å². The van der Waals surface area contributed by atoms with E-state index in [0.29, 0.717) is 6.61 Å². The number of rotatable bonds is 5. The van der Waals surface area contributed by atoms with Crippen LogP contribution < -0.4 is 16.0 Å². The van der Waals surface area contributed by atoms with Crippen LogP contribution in [0, 0.1) is 20.8 Å². The molecule has 0 spiro atoms. The second-order valence-electron chi connectivity index (χ2n) is 5.39. The number of hydrogen-bond donors (Lipinski definition) is 2. The van der Waals surface area contributed by atoms with Crippen LogP contribution in [0.25, 0.3) is 0 Å². The van der Waals surface area contributed by atoms with E-state index in [4.69, 9.17) is 10.6 Å². The van der Waals surface area contributed by atoms with Crippen molar-refractivity contribution in [1.82, 2.24) is 5.43 Å². The number of hydrogen-bond acceptors (Lipinski definition) is 3. The fourth-order valence-electron chi connectivity index (χ4n) is 2.58. The highest BCUT2D eigenvalue weighted by Crippen LogP contribution is 2.28. The lowest BCUT2D eigenvalue weighted by Crippen LogP contribution is -2.29. The molecule has 3 heteroatoms. The molecule has 0 aliphatic heterocycles. The first-order valence-electron chi connectivity index (χ1n) is 7.33. The van der Waals surface area contributed by atoms with Crippen LogP contribution in [-0.2, 0) is 0 Å². The van der Waals surface area contributed by atoms with Gasteiger partial charge in [0.1, 0.15) is 5.75 Å². The van der Waals surface area contributed by atoms with E-state index in [0.717, 1.165) is 11.3 Å². The summed E-state index contributed by atoms with van der Waals surface area (Å²) in [7, 11) is 0. The minimum Gasteiger partial charge on any atom is -0.494 e. The largest absolute Gasteiger partial charge is 0.494 e. The summed E-state index contributed by atoms with van der Waals surface area (Å²) in [5, 5.41) is 0. The number of benzene rings is 2. The standard InChI is InChI=1S/C18H24N2O/c1-5-21-16-8-6-15(7-9-16)18(20-19)17-11-13(3)12(2)10-14(17)4/h6-11,18,20H,5,19H2,1-4H3. The third-order valence-corrected chi connectivity index (χ3v) is 3.88. The van der Waals surface area contributed by atoms with Crippen LogP contribution >= 0.6 is 0 Å².